The largest absolute Gasteiger partial charge is 0.486 e. The van der Waals surface area contributed by atoms with Crippen LogP contribution in [0.5, 0.6) is 11.5 Å². The molecule has 1 amide bonds. The number of hydrazone groups is 1. The average molecular weight is 540 g/mol. The summed E-state index contributed by atoms with van der Waals surface area (Å²) in [7, 11) is 0. The monoisotopic (exact) mass is 539 g/mol. The number of aromatic nitrogens is 1. The second-order valence-corrected chi connectivity index (χ2v) is 8.92. The number of esters is 1. The van der Waals surface area contributed by atoms with Crippen molar-refractivity contribution in [1.82, 2.24) is 9.99 Å². The Kier molecular flexibility index (Phi) is 8.01. The van der Waals surface area contributed by atoms with Gasteiger partial charge in [-0.1, -0.05) is 23.2 Å². The second-order valence-electron chi connectivity index (χ2n) is 8.11. The van der Waals surface area contributed by atoms with E-state index in [0.29, 0.717) is 17.1 Å². The third-order valence-corrected chi connectivity index (χ3v) is 5.84. The van der Waals surface area contributed by atoms with E-state index in [4.69, 9.17) is 37.1 Å². The van der Waals surface area contributed by atoms with Gasteiger partial charge >= 0.3 is 11.9 Å². The lowest BCUT2D eigenvalue weighted by molar-refractivity contribution is -0.131. The molecule has 0 unspecified atom stereocenters. The van der Waals surface area contributed by atoms with E-state index in [-0.39, 0.29) is 28.2 Å². The summed E-state index contributed by atoms with van der Waals surface area (Å²) < 4.78 is 18.5. The molecular formula is C27H23Cl2N3O5. The van der Waals surface area contributed by atoms with Gasteiger partial charge in [0.1, 0.15) is 18.1 Å². The number of nitrogens with zero attached hydrogens (tertiary/aromatic N) is 2. The number of ether oxygens (including phenoxy) is 2. The minimum Gasteiger partial charge on any atom is -0.486 e. The van der Waals surface area contributed by atoms with Crippen LogP contribution < -0.4 is 14.9 Å². The van der Waals surface area contributed by atoms with Crippen molar-refractivity contribution >= 4 is 41.3 Å². The maximum atomic E-state index is 12.4. The van der Waals surface area contributed by atoms with E-state index >= 15 is 0 Å². The maximum Gasteiger partial charge on any atom is 0.308 e. The average Bonchev–Trinajstić information content (AvgIpc) is 3.46. The van der Waals surface area contributed by atoms with Crippen LogP contribution in [0, 0.1) is 13.8 Å². The van der Waals surface area contributed by atoms with Gasteiger partial charge in [-0.15, -0.1) is 0 Å². The summed E-state index contributed by atoms with van der Waals surface area (Å²) in [6.07, 6.45) is 1.35. The molecule has 10 heteroatoms. The molecule has 0 aliphatic carbocycles. The molecule has 8 nitrogen and oxygen atoms in total. The fourth-order valence-corrected chi connectivity index (χ4v) is 4.20. The van der Waals surface area contributed by atoms with Gasteiger partial charge in [0, 0.05) is 24.0 Å². The second kappa shape index (κ2) is 11.4. The molecule has 0 spiro atoms. The van der Waals surface area contributed by atoms with Gasteiger partial charge in [0.25, 0.3) is 0 Å². The zero-order valence-electron chi connectivity index (χ0n) is 20.2. The number of hydrogen-bond acceptors (Lipinski definition) is 6. The highest BCUT2D eigenvalue weighted by molar-refractivity contribution is 6.37. The van der Waals surface area contributed by atoms with Crippen LogP contribution in [0.15, 0.2) is 70.2 Å². The molecule has 2 aromatic carbocycles. The molecule has 4 aromatic rings. The van der Waals surface area contributed by atoms with Gasteiger partial charge in [0.05, 0.1) is 16.3 Å². The van der Waals surface area contributed by atoms with E-state index in [1.54, 1.807) is 6.07 Å². The first-order valence-electron chi connectivity index (χ1n) is 11.2. The molecule has 1 N–H and O–H groups in total. The quantitative estimate of drug-likeness (QED) is 0.123. The molecule has 37 heavy (non-hydrogen) atoms. The maximum absolute atomic E-state index is 12.4. The zero-order chi connectivity index (χ0) is 26.5. The summed E-state index contributed by atoms with van der Waals surface area (Å²) in [5.41, 5.74) is 6.22. The number of benzene rings is 2. The topological polar surface area (TPSA) is 95.1 Å². The van der Waals surface area contributed by atoms with E-state index in [1.165, 1.54) is 31.3 Å². The van der Waals surface area contributed by atoms with Gasteiger partial charge in [-0.2, -0.15) is 5.10 Å². The molecule has 0 radical (unpaired) electrons. The number of rotatable bonds is 8. The van der Waals surface area contributed by atoms with Crippen molar-refractivity contribution in [3.8, 4) is 17.2 Å². The van der Waals surface area contributed by atoms with Crippen molar-refractivity contribution in [2.75, 3.05) is 0 Å². The van der Waals surface area contributed by atoms with Gasteiger partial charge < -0.3 is 18.5 Å². The van der Waals surface area contributed by atoms with Crippen molar-refractivity contribution in [2.24, 2.45) is 5.10 Å². The van der Waals surface area contributed by atoms with Crippen LogP contribution in [0.4, 0.5) is 0 Å². The van der Waals surface area contributed by atoms with Crippen LogP contribution in [0.25, 0.3) is 5.69 Å². The SMILES string of the molecule is CC(=O)Oc1c(Cl)cc(/C=N/NC(=O)c2ccc(COc3ccc(-n4c(C)ccc4C)cc3)o2)cc1Cl. The Morgan fingerprint density at radius 3 is 2.27 bits per heavy atom. The Hall–Kier alpha value is -4.01. The highest BCUT2D eigenvalue weighted by Crippen LogP contribution is 2.34. The first-order valence-corrected chi connectivity index (χ1v) is 11.9. The third kappa shape index (κ3) is 6.41. The third-order valence-electron chi connectivity index (χ3n) is 5.28. The van der Waals surface area contributed by atoms with Gasteiger partial charge in [0.2, 0.25) is 0 Å². The van der Waals surface area contributed by atoms with Crippen LogP contribution >= 0.6 is 23.2 Å². The lowest BCUT2D eigenvalue weighted by Crippen LogP contribution is -2.16. The standard InChI is InChI=1S/C27H23Cl2N3O5/c1-16-4-5-17(2)32(16)20-6-8-21(9-7-20)35-15-22-10-11-25(37-22)27(34)31-30-14-19-12-23(28)26(24(29)13-19)36-18(3)33/h4-14H,15H2,1-3H3,(H,31,34)/b30-14+. The summed E-state index contributed by atoms with van der Waals surface area (Å²) in [5.74, 6) is 0.204. The highest BCUT2D eigenvalue weighted by atomic mass is 35.5. The summed E-state index contributed by atoms with van der Waals surface area (Å²) in [6, 6.07) is 18.1. The van der Waals surface area contributed by atoms with E-state index < -0.39 is 11.9 Å². The van der Waals surface area contributed by atoms with Crippen molar-refractivity contribution in [1.29, 1.82) is 0 Å². The lowest BCUT2D eigenvalue weighted by atomic mass is 10.2. The molecular weight excluding hydrogens is 517 g/mol. The number of amides is 1. The molecule has 0 saturated heterocycles. The van der Waals surface area contributed by atoms with Crippen molar-refractivity contribution in [2.45, 2.75) is 27.4 Å². The molecule has 0 saturated carbocycles. The molecule has 2 aromatic heterocycles. The minimum absolute atomic E-state index is 0.0596. The Labute approximate surface area is 223 Å². The molecule has 190 valence electrons. The number of furan rings is 1. The Morgan fingerprint density at radius 2 is 1.65 bits per heavy atom. The fourth-order valence-electron chi connectivity index (χ4n) is 3.61. The minimum atomic E-state index is -0.545. The highest BCUT2D eigenvalue weighted by Gasteiger charge is 2.13. The predicted octanol–water partition coefficient (Wildman–Crippen LogP) is 6.26. The summed E-state index contributed by atoms with van der Waals surface area (Å²) in [5, 5.41) is 4.16. The predicted molar refractivity (Wildman–Crippen MR) is 141 cm³/mol. The molecule has 4 rings (SSSR count). The molecule has 0 atom stereocenters. The zero-order valence-corrected chi connectivity index (χ0v) is 21.8. The summed E-state index contributed by atoms with van der Waals surface area (Å²) in [6.45, 7) is 5.52. The normalized spacial score (nSPS) is 11.1. The fraction of sp³-hybridized carbons (Fsp3) is 0.148. The molecule has 0 fully saturated rings. The summed E-state index contributed by atoms with van der Waals surface area (Å²) >= 11 is 12.2. The van der Waals surface area contributed by atoms with E-state index in [2.05, 4.69) is 41.1 Å². The smallest absolute Gasteiger partial charge is 0.308 e. The first-order chi connectivity index (χ1) is 17.7. The lowest BCUT2D eigenvalue weighted by Gasteiger charge is -2.10. The van der Waals surface area contributed by atoms with E-state index in [9.17, 15) is 9.59 Å². The molecule has 2 heterocycles. The van der Waals surface area contributed by atoms with Crippen LogP contribution in [-0.2, 0) is 11.4 Å². The Balaban J connectivity index is 1.31. The van der Waals surface area contributed by atoms with Gasteiger partial charge in [-0.3, -0.25) is 9.59 Å². The number of nitrogens with one attached hydrogen (secondary N) is 1. The van der Waals surface area contributed by atoms with Crippen LogP contribution in [-0.4, -0.2) is 22.7 Å². The Bertz CT molecular complexity index is 1430. The van der Waals surface area contributed by atoms with Crippen LogP contribution in [0.3, 0.4) is 0 Å². The van der Waals surface area contributed by atoms with Crippen molar-refractivity contribution in [3.63, 3.8) is 0 Å². The number of carbonyl (C=O) groups is 2. The number of halogens is 2. The van der Waals surface area contributed by atoms with E-state index in [1.807, 2.05) is 24.3 Å². The summed E-state index contributed by atoms with van der Waals surface area (Å²) in [4.78, 5) is 23.5. The molecule has 0 bridgehead atoms. The molecule has 0 aliphatic rings. The van der Waals surface area contributed by atoms with E-state index in [0.717, 1.165) is 17.1 Å². The van der Waals surface area contributed by atoms with Crippen molar-refractivity contribution < 1.29 is 23.5 Å². The van der Waals surface area contributed by atoms with Gasteiger partial charge in [-0.25, -0.2) is 5.43 Å². The van der Waals surface area contributed by atoms with Crippen molar-refractivity contribution in [3.05, 3.63) is 99.2 Å². The van der Waals surface area contributed by atoms with Gasteiger partial charge in [0.15, 0.2) is 11.5 Å². The number of hydrogen-bond donors (Lipinski definition) is 1. The van der Waals surface area contributed by atoms with Crippen LogP contribution in [0.2, 0.25) is 10.0 Å². The Morgan fingerprint density at radius 1 is 1.00 bits per heavy atom. The number of aryl methyl sites for hydroxylation is 2. The van der Waals surface area contributed by atoms with Gasteiger partial charge in [-0.05, 0) is 80.1 Å². The first kappa shape index (κ1) is 26.1. The molecule has 0 aliphatic heterocycles. The van der Waals surface area contributed by atoms with Crippen LogP contribution in [0.1, 0.15) is 40.2 Å². The number of carbonyl (C=O) groups excluding carboxylic acids is 2.